The Bertz CT molecular complexity index is 284. The van der Waals surface area contributed by atoms with E-state index in [-0.39, 0.29) is 5.54 Å². The zero-order valence-electron chi connectivity index (χ0n) is 13.2. The second-order valence-electron chi connectivity index (χ2n) is 7.17. The Balaban J connectivity index is 1.99. The van der Waals surface area contributed by atoms with Crippen LogP contribution in [0.15, 0.2) is 0 Å². The summed E-state index contributed by atoms with van der Waals surface area (Å²) in [6, 6.07) is 0.482. The van der Waals surface area contributed by atoms with E-state index in [1.54, 1.807) is 0 Å². The van der Waals surface area contributed by atoms with E-state index in [9.17, 15) is 5.11 Å². The molecule has 0 radical (unpaired) electrons. The molecule has 0 aromatic carbocycles. The van der Waals surface area contributed by atoms with Gasteiger partial charge in [0, 0.05) is 24.7 Å². The Morgan fingerprint density at radius 3 is 2.60 bits per heavy atom. The van der Waals surface area contributed by atoms with Crippen LogP contribution >= 0.6 is 0 Å². The highest BCUT2D eigenvalue weighted by molar-refractivity contribution is 4.96. The van der Waals surface area contributed by atoms with Crippen molar-refractivity contribution in [2.45, 2.75) is 82.7 Å². The molecule has 2 saturated carbocycles. The Hall–Kier alpha value is -0.120. The van der Waals surface area contributed by atoms with Crippen LogP contribution in [0.2, 0.25) is 0 Å². The predicted octanol–water partition coefficient (Wildman–Crippen LogP) is 2.81. The zero-order chi connectivity index (χ0) is 14.4. The van der Waals surface area contributed by atoms with E-state index in [4.69, 9.17) is 5.73 Å². The van der Waals surface area contributed by atoms with Gasteiger partial charge in [-0.3, -0.25) is 0 Å². The minimum atomic E-state index is 0.138. The SMILES string of the molecule is CCC1CCCC(CN)(NC2CCCCC2CO)CC1. The van der Waals surface area contributed by atoms with Gasteiger partial charge in [0.15, 0.2) is 0 Å². The molecule has 0 aromatic heterocycles. The second kappa shape index (κ2) is 7.77. The lowest BCUT2D eigenvalue weighted by Crippen LogP contribution is -2.57. The average Bonchev–Trinajstić information content (AvgIpc) is 2.70. The third kappa shape index (κ3) is 3.96. The van der Waals surface area contributed by atoms with Gasteiger partial charge in [0.05, 0.1) is 0 Å². The molecule has 0 bridgehead atoms. The van der Waals surface area contributed by atoms with Gasteiger partial charge < -0.3 is 16.2 Å². The van der Waals surface area contributed by atoms with Gasteiger partial charge in [-0.15, -0.1) is 0 Å². The maximum absolute atomic E-state index is 9.61. The Kier molecular flexibility index (Phi) is 6.31. The van der Waals surface area contributed by atoms with Crippen LogP contribution in [0.25, 0.3) is 0 Å². The van der Waals surface area contributed by atoms with Crippen molar-refractivity contribution in [3.8, 4) is 0 Å². The molecular weight excluding hydrogens is 248 g/mol. The van der Waals surface area contributed by atoms with E-state index in [1.165, 1.54) is 64.2 Å². The maximum Gasteiger partial charge on any atom is 0.0474 e. The van der Waals surface area contributed by atoms with Crippen LogP contribution in [0.5, 0.6) is 0 Å². The summed E-state index contributed by atoms with van der Waals surface area (Å²) >= 11 is 0. The molecule has 0 spiro atoms. The molecule has 0 heterocycles. The third-order valence-corrected chi connectivity index (χ3v) is 5.90. The zero-order valence-corrected chi connectivity index (χ0v) is 13.2. The third-order valence-electron chi connectivity index (χ3n) is 5.90. The fraction of sp³-hybridized carbons (Fsp3) is 1.00. The van der Waals surface area contributed by atoms with Crippen LogP contribution in [0.3, 0.4) is 0 Å². The van der Waals surface area contributed by atoms with Gasteiger partial charge in [-0.05, 0) is 43.9 Å². The summed E-state index contributed by atoms with van der Waals surface area (Å²) in [7, 11) is 0. The van der Waals surface area contributed by atoms with Crippen molar-refractivity contribution < 1.29 is 5.11 Å². The summed E-state index contributed by atoms with van der Waals surface area (Å²) in [5.41, 5.74) is 6.31. The highest BCUT2D eigenvalue weighted by Gasteiger charge is 2.36. The highest BCUT2D eigenvalue weighted by Crippen LogP contribution is 2.34. The van der Waals surface area contributed by atoms with Crippen LogP contribution in [0.4, 0.5) is 0 Å². The number of nitrogens with one attached hydrogen (secondary N) is 1. The van der Waals surface area contributed by atoms with Crippen LogP contribution in [-0.4, -0.2) is 29.8 Å². The van der Waals surface area contributed by atoms with Gasteiger partial charge in [-0.2, -0.15) is 0 Å². The second-order valence-corrected chi connectivity index (χ2v) is 7.17. The molecule has 4 atom stereocenters. The van der Waals surface area contributed by atoms with Crippen molar-refractivity contribution in [2.24, 2.45) is 17.6 Å². The first-order chi connectivity index (χ1) is 9.73. The minimum Gasteiger partial charge on any atom is -0.396 e. The van der Waals surface area contributed by atoms with Crippen molar-refractivity contribution in [2.75, 3.05) is 13.2 Å². The fourth-order valence-electron chi connectivity index (χ4n) is 4.30. The number of aliphatic hydroxyl groups is 1. The molecule has 118 valence electrons. The lowest BCUT2D eigenvalue weighted by Gasteiger charge is -2.41. The fourth-order valence-corrected chi connectivity index (χ4v) is 4.30. The molecular formula is C17H34N2O. The molecule has 3 heteroatoms. The molecule has 20 heavy (non-hydrogen) atoms. The van der Waals surface area contributed by atoms with Gasteiger partial charge >= 0.3 is 0 Å². The molecule has 2 aliphatic carbocycles. The number of aliphatic hydroxyl groups excluding tert-OH is 1. The van der Waals surface area contributed by atoms with Crippen LogP contribution in [0, 0.1) is 11.8 Å². The summed E-state index contributed by atoms with van der Waals surface area (Å²) in [5, 5.41) is 13.5. The number of hydrogen-bond donors (Lipinski definition) is 3. The van der Waals surface area contributed by atoms with Crippen LogP contribution < -0.4 is 11.1 Å². The Morgan fingerprint density at radius 1 is 1.10 bits per heavy atom. The summed E-state index contributed by atoms with van der Waals surface area (Å²) in [6.45, 7) is 3.39. The minimum absolute atomic E-state index is 0.138. The van der Waals surface area contributed by atoms with Gasteiger partial charge in [0.2, 0.25) is 0 Å². The molecule has 2 rings (SSSR count). The monoisotopic (exact) mass is 282 g/mol. The first kappa shape index (κ1) is 16.3. The standard InChI is InChI=1S/C17H34N2O/c1-2-14-6-5-10-17(13-18,11-9-14)19-16-8-4-3-7-15(16)12-20/h14-16,19-20H,2-13,18H2,1H3. The quantitative estimate of drug-likeness (QED) is 0.680. The van der Waals surface area contributed by atoms with E-state index < -0.39 is 0 Å². The van der Waals surface area contributed by atoms with Crippen molar-refractivity contribution in [1.29, 1.82) is 0 Å². The van der Waals surface area contributed by atoms with Gasteiger partial charge in [-0.1, -0.05) is 39.0 Å². The summed E-state index contributed by atoms with van der Waals surface area (Å²) in [5.74, 6) is 1.34. The molecule has 2 aliphatic rings. The van der Waals surface area contributed by atoms with Gasteiger partial charge in [-0.25, -0.2) is 0 Å². The average molecular weight is 282 g/mol. The number of rotatable bonds is 5. The Labute approximate surface area is 124 Å². The largest absolute Gasteiger partial charge is 0.396 e. The van der Waals surface area contributed by atoms with Crippen molar-refractivity contribution in [3.63, 3.8) is 0 Å². The summed E-state index contributed by atoms with van der Waals surface area (Å²) < 4.78 is 0. The first-order valence-electron chi connectivity index (χ1n) is 8.81. The molecule has 0 aromatic rings. The normalized spacial score (nSPS) is 39.5. The van der Waals surface area contributed by atoms with E-state index in [2.05, 4.69) is 12.2 Å². The topological polar surface area (TPSA) is 58.3 Å². The molecule has 3 nitrogen and oxygen atoms in total. The predicted molar refractivity (Wildman–Crippen MR) is 84.6 cm³/mol. The van der Waals surface area contributed by atoms with Crippen molar-refractivity contribution in [3.05, 3.63) is 0 Å². The van der Waals surface area contributed by atoms with Crippen molar-refractivity contribution >= 4 is 0 Å². The van der Waals surface area contributed by atoms with E-state index in [0.717, 1.165) is 12.5 Å². The summed E-state index contributed by atoms with van der Waals surface area (Å²) in [6.07, 6.45) is 12.7. The summed E-state index contributed by atoms with van der Waals surface area (Å²) in [4.78, 5) is 0. The molecule has 2 fully saturated rings. The van der Waals surface area contributed by atoms with Crippen LogP contribution in [0.1, 0.15) is 71.1 Å². The Morgan fingerprint density at radius 2 is 1.90 bits per heavy atom. The van der Waals surface area contributed by atoms with E-state index in [1.807, 2.05) is 0 Å². The van der Waals surface area contributed by atoms with E-state index >= 15 is 0 Å². The number of nitrogens with two attached hydrogens (primary N) is 1. The number of hydrogen-bond acceptors (Lipinski definition) is 3. The first-order valence-corrected chi connectivity index (χ1v) is 8.81. The lowest BCUT2D eigenvalue weighted by molar-refractivity contribution is 0.121. The molecule has 4 N–H and O–H groups in total. The van der Waals surface area contributed by atoms with Gasteiger partial charge in [0.25, 0.3) is 0 Å². The van der Waals surface area contributed by atoms with Gasteiger partial charge in [0.1, 0.15) is 0 Å². The molecule has 4 unspecified atom stereocenters. The lowest BCUT2D eigenvalue weighted by atomic mass is 9.81. The van der Waals surface area contributed by atoms with E-state index in [0.29, 0.717) is 18.6 Å². The molecule has 0 amide bonds. The highest BCUT2D eigenvalue weighted by atomic mass is 16.3. The van der Waals surface area contributed by atoms with Crippen LogP contribution in [-0.2, 0) is 0 Å². The van der Waals surface area contributed by atoms with Crippen molar-refractivity contribution in [1.82, 2.24) is 5.32 Å². The molecule has 0 aliphatic heterocycles. The maximum atomic E-state index is 9.61. The smallest absolute Gasteiger partial charge is 0.0474 e. The molecule has 0 saturated heterocycles.